The van der Waals surface area contributed by atoms with Crippen LogP contribution in [0.1, 0.15) is 69.1 Å². The molecule has 18 heavy (non-hydrogen) atoms. The van der Waals surface area contributed by atoms with Gasteiger partial charge in [-0.15, -0.1) is 0 Å². The quantitative estimate of drug-likeness (QED) is 0.482. The van der Waals surface area contributed by atoms with Gasteiger partial charge in [-0.05, 0) is 42.4 Å². The van der Waals surface area contributed by atoms with Crippen LogP contribution in [-0.4, -0.2) is 0 Å². The Morgan fingerprint density at radius 2 is 1.61 bits per heavy atom. The summed E-state index contributed by atoms with van der Waals surface area (Å²) in [6.07, 6.45) is 12.3. The Bertz CT molecular complexity index is 349. The van der Waals surface area contributed by atoms with Crippen LogP contribution >= 0.6 is 0 Å². The van der Waals surface area contributed by atoms with E-state index in [0.717, 1.165) is 0 Å². The van der Waals surface area contributed by atoms with Crippen molar-refractivity contribution in [2.45, 2.75) is 65.2 Å². The molecule has 0 aromatic heterocycles. The molecular formula is C18H28. The second-order valence-corrected chi connectivity index (χ2v) is 5.15. The van der Waals surface area contributed by atoms with Crippen LogP contribution in [0.4, 0.5) is 0 Å². The molecule has 100 valence electrons. The van der Waals surface area contributed by atoms with Crippen LogP contribution in [0.25, 0.3) is 6.08 Å². The number of rotatable bonds is 9. The van der Waals surface area contributed by atoms with Crippen molar-refractivity contribution in [3.05, 3.63) is 41.5 Å². The predicted octanol–water partition coefficient (Wildman–Crippen LogP) is 5.80. The summed E-state index contributed by atoms with van der Waals surface area (Å²) in [6.45, 7) is 8.47. The average molecular weight is 244 g/mol. The molecule has 0 atom stereocenters. The van der Waals surface area contributed by atoms with Gasteiger partial charge >= 0.3 is 0 Å². The maximum absolute atomic E-state index is 3.96. The van der Waals surface area contributed by atoms with Crippen LogP contribution in [0, 0.1) is 0 Å². The fourth-order valence-electron chi connectivity index (χ4n) is 2.36. The largest absolute Gasteiger partial charge is 0.0985 e. The van der Waals surface area contributed by atoms with Crippen molar-refractivity contribution in [3.63, 3.8) is 0 Å². The first kappa shape index (κ1) is 15.0. The van der Waals surface area contributed by atoms with Crippen LogP contribution < -0.4 is 0 Å². The molecule has 0 saturated carbocycles. The molecule has 0 fully saturated rings. The summed E-state index contributed by atoms with van der Waals surface area (Å²) in [5.41, 5.74) is 4.29. The first-order valence-electron chi connectivity index (χ1n) is 7.56. The number of hydrogen-bond donors (Lipinski definition) is 0. The zero-order chi connectivity index (χ0) is 13.2. The van der Waals surface area contributed by atoms with E-state index in [1.165, 1.54) is 68.1 Å². The SMILES string of the molecule is C=Cc1cc(CCCCC)ccc1CCCCC. The Hall–Kier alpha value is -1.04. The highest BCUT2D eigenvalue weighted by atomic mass is 14.1. The fourth-order valence-corrected chi connectivity index (χ4v) is 2.36. The van der Waals surface area contributed by atoms with E-state index in [2.05, 4.69) is 38.6 Å². The zero-order valence-electron chi connectivity index (χ0n) is 12.2. The molecule has 0 radical (unpaired) electrons. The van der Waals surface area contributed by atoms with E-state index in [9.17, 15) is 0 Å². The van der Waals surface area contributed by atoms with Gasteiger partial charge in [0.05, 0.1) is 0 Å². The zero-order valence-corrected chi connectivity index (χ0v) is 12.2. The molecule has 0 aliphatic carbocycles. The average Bonchev–Trinajstić information content (AvgIpc) is 2.40. The van der Waals surface area contributed by atoms with Gasteiger partial charge in [-0.2, -0.15) is 0 Å². The molecule has 0 aliphatic heterocycles. The smallest absolute Gasteiger partial charge is 0.0228 e. The molecule has 1 aromatic carbocycles. The topological polar surface area (TPSA) is 0 Å². The molecule has 1 aromatic rings. The molecule has 0 nitrogen and oxygen atoms in total. The highest BCUT2D eigenvalue weighted by Gasteiger charge is 2.01. The summed E-state index contributed by atoms with van der Waals surface area (Å²) in [7, 11) is 0. The van der Waals surface area contributed by atoms with Gasteiger partial charge in [0.2, 0.25) is 0 Å². The van der Waals surface area contributed by atoms with Crippen LogP contribution in [0.5, 0.6) is 0 Å². The van der Waals surface area contributed by atoms with Gasteiger partial charge in [-0.1, -0.05) is 70.4 Å². The van der Waals surface area contributed by atoms with Crippen molar-refractivity contribution in [2.75, 3.05) is 0 Å². The van der Waals surface area contributed by atoms with Crippen LogP contribution in [0.2, 0.25) is 0 Å². The van der Waals surface area contributed by atoms with E-state index in [0.29, 0.717) is 0 Å². The second kappa shape index (κ2) is 8.97. The molecule has 0 bridgehead atoms. The lowest BCUT2D eigenvalue weighted by atomic mass is 9.97. The van der Waals surface area contributed by atoms with Gasteiger partial charge in [-0.25, -0.2) is 0 Å². The molecule has 0 saturated heterocycles. The number of aryl methyl sites for hydroxylation is 2. The van der Waals surface area contributed by atoms with Crippen molar-refractivity contribution in [2.24, 2.45) is 0 Å². The maximum Gasteiger partial charge on any atom is -0.0228 e. The molecular weight excluding hydrogens is 216 g/mol. The summed E-state index contributed by atoms with van der Waals surface area (Å²) in [5, 5.41) is 0. The summed E-state index contributed by atoms with van der Waals surface area (Å²) in [4.78, 5) is 0. The van der Waals surface area contributed by atoms with E-state index in [-0.39, 0.29) is 0 Å². The van der Waals surface area contributed by atoms with E-state index in [1.807, 2.05) is 6.08 Å². The third-order valence-electron chi connectivity index (χ3n) is 3.55. The first-order chi connectivity index (χ1) is 8.81. The first-order valence-corrected chi connectivity index (χ1v) is 7.56. The van der Waals surface area contributed by atoms with Crippen molar-refractivity contribution < 1.29 is 0 Å². The van der Waals surface area contributed by atoms with E-state index >= 15 is 0 Å². The van der Waals surface area contributed by atoms with Crippen molar-refractivity contribution in [1.82, 2.24) is 0 Å². The van der Waals surface area contributed by atoms with Crippen LogP contribution in [0.15, 0.2) is 24.8 Å². The Morgan fingerprint density at radius 3 is 2.22 bits per heavy atom. The number of unbranched alkanes of at least 4 members (excludes halogenated alkanes) is 4. The standard InChI is InChI=1S/C18H28/c1-4-7-9-11-16-13-14-18(12-10-8-5-2)17(6-3)15-16/h6,13-15H,3-5,7-12H2,1-2H3. The number of benzene rings is 1. The van der Waals surface area contributed by atoms with Crippen molar-refractivity contribution >= 4 is 6.08 Å². The predicted molar refractivity (Wildman–Crippen MR) is 83.0 cm³/mol. The number of hydrogen-bond acceptors (Lipinski definition) is 0. The van der Waals surface area contributed by atoms with Gasteiger partial charge < -0.3 is 0 Å². The molecule has 0 heterocycles. The Kier molecular flexibility index (Phi) is 7.48. The summed E-state index contributed by atoms with van der Waals surface area (Å²) < 4.78 is 0. The molecule has 0 amide bonds. The molecule has 0 spiro atoms. The molecule has 1 rings (SSSR count). The molecule has 0 aliphatic rings. The van der Waals surface area contributed by atoms with Gasteiger partial charge in [0.25, 0.3) is 0 Å². The summed E-state index contributed by atoms with van der Waals surface area (Å²) in [6, 6.07) is 6.96. The van der Waals surface area contributed by atoms with Gasteiger partial charge in [-0.3, -0.25) is 0 Å². The second-order valence-electron chi connectivity index (χ2n) is 5.15. The minimum atomic E-state index is 1.20. The van der Waals surface area contributed by atoms with Crippen LogP contribution in [0.3, 0.4) is 0 Å². The van der Waals surface area contributed by atoms with Gasteiger partial charge in [0, 0.05) is 0 Å². The maximum atomic E-state index is 3.96. The van der Waals surface area contributed by atoms with Crippen LogP contribution in [-0.2, 0) is 12.8 Å². The molecule has 0 N–H and O–H groups in total. The van der Waals surface area contributed by atoms with E-state index < -0.39 is 0 Å². The normalized spacial score (nSPS) is 10.6. The van der Waals surface area contributed by atoms with Crippen molar-refractivity contribution in [3.8, 4) is 0 Å². The Labute approximate surface area is 113 Å². The van der Waals surface area contributed by atoms with Gasteiger partial charge in [0.1, 0.15) is 0 Å². The third-order valence-corrected chi connectivity index (χ3v) is 3.55. The lowest BCUT2D eigenvalue weighted by molar-refractivity contribution is 0.711. The summed E-state index contributed by atoms with van der Waals surface area (Å²) >= 11 is 0. The Morgan fingerprint density at radius 1 is 0.944 bits per heavy atom. The highest BCUT2D eigenvalue weighted by Crippen LogP contribution is 2.18. The third kappa shape index (κ3) is 5.08. The molecule has 0 unspecified atom stereocenters. The lowest BCUT2D eigenvalue weighted by Crippen LogP contribution is -1.93. The van der Waals surface area contributed by atoms with Crippen molar-refractivity contribution in [1.29, 1.82) is 0 Å². The highest BCUT2D eigenvalue weighted by molar-refractivity contribution is 5.53. The Balaban J connectivity index is 2.61. The monoisotopic (exact) mass is 244 g/mol. The van der Waals surface area contributed by atoms with E-state index in [4.69, 9.17) is 0 Å². The molecule has 0 heteroatoms. The lowest BCUT2D eigenvalue weighted by Gasteiger charge is -2.09. The fraction of sp³-hybridized carbons (Fsp3) is 0.556. The minimum Gasteiger partial charge on any atom is -0.0985 e. The minimum absolute atomic E-state index is 1.20. The van der Waals surface area contributed by atoms with E-state index in [1.54, 1.807) is 0 Å². The van der Waals surface area contributed by atoms with Gasteiger partial charge in [0.15, 0.2) is 0 Å². The summed E-state index contributed by atoms with van der Waals surface area (Å²) in [5.74, 6) is 0.